The zero-order valence-corrected chi connectivity index (χ0v) is 21.4. The van der Waals surface area contributed by atoms with Crippen molar-refractivity contribution < 1.29 is 23.5 Å². The highest BCUT2D eigenvalue weighted by molar-refractivity contribution is 7.97. The molecule has 3 aromatic rings. The van der Waals surface area contributed by atoms with Crippen molar-refractivity contribution in [3.05, 3.63) is 59.4 Å². The van der Waals surface area contributed by atoms with Crippen molar-refractivity contribution in [1.29, 1.82) is 0 Å². The first kappa shape index (κ1) is 25.5. The zero-order chi connectivity index (χ0) is 25.8. The third kappa shape index (κ3) is 5.81. The number of nitrogens with zero attached hydrogens (tertiary/aromatic N) is 2. The van der Waals surface area contributed by atoms with Crippen LogP contribution in [0.25, 0.3) is 11.0 Å². The van der Waals surface area contributed by atoms with Crippen molar-refractivity contribution in [3.8, 4) is 5.75 Å². The standard InChI is InChI=1S/C15H18N4O3S.C10H11NO2/c1-19(2)6-5-16-23-10-3-4-11-9(7-10)8-12(22-11)13-14(20)18-15(21)17-13;1-11-6-7-3-4-8(13-2)5-9(7)10(11)12/h3-4,7-8,13,16H,5-6H2,1-2H3,(H2,17,18,20,21);3-5H,6H2,1-2H3. The van der Waals surface area contributed by atoms with Gasteiger partial charge in [0.2, 0.25) is 0 Å². The molecule has 4 amide bonds. The second-order valence-corrected chi connectivity index (χ2v) is 9.69. The topological polar surface area (TPSA) is 116 Å². The lowest BCUT2D eigenvalue weighted by Gasteiger charge is -2.09. The SMILES string of the molecule is CN(C)CCNSc1ccc2oc(C3NC(=O)NC3=O)cc2c1.COc1ccc2c(c1)C(=O)N(C)C2. The Morgan fingerprint density at radius 1 is 1.17 bits per heavy atom. The maximum absolute atomic E-state index is 11.7. The Morgan fingerprint density at radius 3 is 2.67 bits per heavy atom. The van der Waals surface area contributed by atoms with Gasteiger partial charge in [-0.05, 0) is 68.0 Å². The summed E-state index contributed by atoms with van der Waals surface area (Å²) < 4.78 is 14.0. The van der Waals surface area contributed by atoms with Crippen LogP contribution in [-0.4, -0.2) is 69.0 Å². The number of hydrogen-bond donors (Lipinski definition) is 3. The van der Waals surface area contributed by atoms with Crippen molar-refractivity contribution in [2.45, 2.75) is 17.5 Å². The van der Waals surface area contributed by atoms with Gasteiger partial charge < -0.3 is 24.3 Å². The Hall–Kier alpha value is -3.54. The molecule has 10 nitrogen and oxygen atoms in total. The number of benzene rings is 2. The fraction of sp³-hybridized carbons (Fsp3) is 0.320. The van der Waals surface area contributed by atoms with Crippen LogP contribution in [0.4, 0.5) is 4.79 Å². The Kier molecular flexibility index (Phi) is 7.82. The second kappa shape index (κ2) is 11.0. The average molecular weight is 512 g/mol. The number of rotatable bonds is 7. The maximum Gasteiger partial charge on any atom is 0.322 e. The molecule has 1 saturated heterocycles. The summed E-state index contributed by atoms with van der Waals surface area (Å²) in [7, 11) is 7.46. The molecule has 0 bridgehead atoms. The molecule has 3 heterocycles. The summed E-state index contributed by atoms with van der Waals surface area (Å²) in [5.74, 6) is 0.858. The molecule has 2 aromatic carbocycles. The van der Waals surface area contributed by atoms with E-state index in [9.17, 15) is 14.4 Å². The minimum atomic E-state index is -0.760. The lowest BCUT2D eigenvalue weighted by Crippen LogP contribution is -2.22. The predicted octanol–water partition coefficient (Wildman–Crippen LogP) is 2.75. The lowest BCUT2D eigenvalue weighted by atomic mass is 10.1. The van der Waals surface area contributed by atoms with Crippen molar-refractivity contribution in [1.82, 2.24) is 25.2 Å². The number of methoxy groups -OCH3 is 1. The van der Waals surface area contributed by atoms with E-state index >= 15 is 0 Å². The summed E-state index contributed by atoms with van der Waals surface area (Å²) >= 11 is 1.55. The van der Waals surface area contributed by atoms with Crippen LogP contribution in [0.5, 0.6) is 5.75 Å². The smallest absolute Gasteiger partial charge is 0.322 e. The van der Waals surface area contributed by atoms with Crippen LogP contribution in [0.3, 0.4) is 0 Å². The number of urea groups is 1. The molecule has 1 unspecified atom stereocenters. The van der Waals surface area contributed by atoms with Gasteiger partial charge in [0.15, 0.2) is 6.04 Å². The summed E-state index contributed by atoms with van der Waals surface area (Å²) in [6.45, 7) is 2.54. The van der Waals surface area contributed by atoms with Gasteiger partial charge in [-0.3, -0.25) is 19.6 Å². The molecule has 1 fully saturated rings. The number of fused-ring (bicyclic) bond motifs is 2. The highest BCUT2D eigenvalue weighted by atomic mass is 32.2. The van der Waals surface area contributed by atoms with Gasteiger partial charge in [-0.1, -0.05) is 6.07 Å². The maximum atomic E-state index is 11.7. The second-order valence-electron chi connectivity index (χ2n) is 8.73. The van der Waals surface area contributed by atoms with E-state index in [1.807, 2.05) is 44.4 Å². The van der Waals surface area contributed by atoms with E-state index in [4.69, 9.17) is 9.15 Å². The van der Waals surface area contributed by atoms with E-state index in [1.54, 1.807) is 43.1 Å². The Morgan fingerprint density at radius 2 is 1.97 bits per heavy atom. The average Bonchev–Trinajstić information content (AvgIpc) is 3.51. The van der Waals surface area contributed by atoms with Crippen molar-refractivity contribution in [3.63, 3.8) is 0 Å². The molecule has 1 aromatic heterocycles. The molecule has 11 heteroatoms. The van der Waals surface area contributed by atoms with E-state index in [2.05, 4.69) is 20.3 Å². The molecule has 5 rings (SSSR count). The van der Waals surface area contributed by atoms with Crippen LogP contribution in [-0.2, 0) is 11.3 Å². The van der Waals surface area contributed by atoms with Crippen molar-refractivity contribution >= 4 is 40.8 Å². The number of hydrogen-bond acceptors (Lipinski definition) is 8. The van der Waals surface area contributed by atoms with E-state index in [-0.39, 0.29) is 5.91 Å². The number of amides is 4. The Labute approximate surface area is 213 Å². The predicted molar refractivity (Wildman–Crippen MR) is 137 cm³/mol. The van der Waals surface area contributed by atoms with Gasteiger partial charge in [0.25, 0.3) is 11.8 Å². The Bertz CT molecular complexity index is 1290. The van der Waals surface area contributed by atoms with E-state index < -0.39 is 18.0 Å². The minimum absolute atomic E-state index is 0.0777. The molecule has 2 aliphatic rings. The number of furan rings is 1. The van der Waals surface area contributed by atoms with Gasteiger partial charge in [-0.2, -0.15) is 0 Å². The molecule has 0 saturated carbocycles. The zero-order valence-electron chi connectivity index (χ0n) is 20.6. The molecule has 0 aliphatic carbocycles. The van der Waals surface area contributed by atoms with Gasteiger partial charge in [-0.15, -0.1) is 0 Å². The summed E-state index contributed by atoms with van der Waals surface area (Å²) in [6, 6.07) is 12.0. The number of carbonyl (C=O) groups excluding carboxylic acids is 3. The quantitative estimate of drug-likeness (QED) is 0.252. The Balaban J connectivity index is 0.000000197. The van der Waals surface area contributed by atoms with Crippen LogP contribution in [0.1, 0.15) is 27.7 Å². The monoisotopic (exact) mass is 511 g/mol. The van der Waals surface area contributed by atoms with E-state index in [1.165, 1.54) is 0 Å². The normalized spacial score (nSPS) is 16.6. The van der Waals surface area contributed by atoms with Gasteiger partial charge in [0.1, 0.15) is 17.1 Å². The first-order valence-corrected chi connectivity index (χ1v) is 12.2. The first-order chi connectivity index (χ1) is 17.2. The number of ether oxygens (including phenoxy) is 1. The van der Waals surface area contributed by atoms with Crippen LogP contribution >= 0.6 is 11.9 Å². The van der Waals surface area contributed by atoms with Crippen molar-refractivity contribution in [2.75, 3.05) is 41.3 Å². The molecule has 3 N–H and O–H groups in total. The molecular weight excluding hydrogens is 482 g/mol. The van der Waals surface area contributed by atoms with Crippen LogP contribution in [0.2, 0.25) is 0 Å². The van der Waals surface area contributed by atoms with E-state index in [0.29, 0.717) is 17.9 Å². The number of imide groups is 1. The number of nitrogens with one attached hydrogen (secondary N) is 3. The fourth-order valence-corrected chi connectivity index (χ4v) is 4.50. The highest BCUT2D eigenvalue weighted by Crippen LogP contribution is 2.29. The van der Waals surface area contributed by atoms with Gasteiger partial charge in [0, 0.05) is 42.5 Å². The van der Waals surface area contributed by atoms with Gasteiger partial charge in [-0.25, -0.2) is 4.79 Å². The first-order valence-electron chi connectivity index (χ1n) is 11.4. The summed E-state index contributed by atoms with van der Waals surface area (Å²) in [4.78, 5) is 39.3. The van der Waals surface area contributed by atoms with Crippen LogP contribution in [0, 0.1) is 0 Å². The largest absolute Gasteiger partial charge is 0.497 e. The summed E-state index contributed by atoms with van der Waals surface area (Å²) in [5, 5.41) is 5.63. The molecule has 2 aliphatic heterocycles. The van der Waals surface area contributed by atoms with Gasteiger partial charge >= 0.3 is 6.03 Å². The fourth-order valence-electron chi connectivity index (χ4n) is 3.82. The van der Waals surface area contributed by atoms with Crippen LogP contribution < -0.4 is 20.1 Å². The molecule has 36 heavy (non-hydrogen) atoms. The molecule has 0 spiro atoms. The highest BCUT2D eigenvalue weighted by Gasteiger charge is 2.33. The summed E-state index contributed by atoms with van der Waals surface area (Å²) in [6.07, 6.45) is 0. The molecule has 1 atom stereocenters. The molecule has 0 radical (unpaired) electrons. The third-order valence-corrected chi connectivity index (χ3v) is 6.56. The minimum Gasteiger partial charge on any atom is -0.497 e. The van der Waals surface area contributed by atoms with E-state index in [0.717, 1.165) is 40.2 Å². The molecule has 190 valence electrons. The van der Waals surface area contributed by atoms with Crippen molar-refractivity contribution in [2.24, 2.45) is 0 Å². The summed E-state index contributed by atoms with van der Waals surface area (Å²) in [5.41, 5.74) is 2.53. The molecular formula is C25H29N5O5S. The third-order valence-electron chi connectivity index (χ3n) is 5.72. The number of carbonyl (C=O) groups is 3. The van der Waals surface area contributed by atoms with Crippen LogP contribution in [0.15, 0.2) is 51.8 Å². The van der Waals surface area contributed by atoms with Gasteiger partial charge in [0.05, 0.1) is 7.11 Å². The number of likely N-dealkylation sites (N-methyl/N-ethyl adjacent to an activating group) is 1. The lowest BCUT2D eigenvalue weighted by molar-refractivity contribution is -0.120.